The van der Waals surface area contributed by atoms with Gasteiger partial charge in [0.2, 0.25) is 0 Å². The van der Waals surface area contributed by atoms with E-state index in [1.54, 1.807) is 31.2 Å². The van der Waals surface area contributed by atoms with E-state index >= 15 is 0 Å². The van der Waals surface area contributed by atoms with Crippen LogP contribution in [0.15, 0.2) is 28.7 Å². The van der Waals surface area contributed by atoms with E-state index in [1.165, 1.54) is 0 Å². The summed E-state index contributed by atoms with van der Waals surface area (Å²) in [7, 11) is 0. The number of carbonyl (C=O) groups excluding carboxylic acids is 1. The van der Waals surface area contributed by atoms with E-state index in [1.807, 2.05) is 0 Å². The van der Waals surface area contributed by atoms with Crippen LogP contribution in [0.4, 0.5) is 0 Å². The SMILES string of the molecule is CCOC(CNC(=O)c1ccc(Br)cc1)CC(=O)O. The molecule has 0 saturated heterocycles. The van der Waals surface area contributed by atoms with Gasteiger partial charge in [-0.3, -0.25) is 9.59 Å². The van der Waals surface area contributed by atoms with Crippen molar-refractivity contribution in [3.8, 4) is 0 Å². The molecule has 6 heteroatoms. The van der Waals surface area contributed by atoms with E-state index in [2.05, 4.69) is 21.2 Å². The lowest BCUT2D eigenvalue weighted by atomic mass is 10.2. The molecule has 1 aromatic rings. The lowest BCUT2D eigenvalue weighted by Crippen LogP contribution is -2.35. The minimum atomic E-state index is -0.948. The topological polar surface area (TPSA) is 75.6 Å². The number of amides is 1. The van der Waals surface area contributed by atoms with Crippen molar-refractivity contribution in [3.05, 3.63) is 34.3 Å². The summed E-state index contributed by atoms with van der Waals surface area (Å²) in [6, 6.07) is 6.91. The molecule has 0 aliphatic rings. The maximum atomic E-state index is 11.8. The summed E-state index contributed by atoms with van der Waals surface area (Å²) in [5, 5.41) is 11.4. The number of nitrogens with one attached hydrogen (secondary N) is 1. The normalized spacial score (nSPS) is 11.9. The number of aliphatic carboxylic acids is 1. The van der Waals surface area contributed by atoms with Gasteiger partial charge in [0.05, 0.1) is 12.5 Å². The van der Waals surface area contributed by atoms with Gasteiger partial charge in [-0.05, 0) is 31.2 Å². The van der Waals surface area contributed by atoms with Crippen LogP contribution in [0, 0.1) is 0 Å². The average Bonchev–Trinajstić information content (AvgIpc) is 2.36. The number of carboxylic acids is 1. The second-order valence-corrected chi connectivity index (χ2v) is 4.81. The molecule has 0 aliphatic heterocycles. The van der Waals surface area contributed by atoms with Gasteiger partial charge in [-0.1, -0.05) is 15.9 Å². The van der Waals surface area contributed by atoms with Gasteiger partial charge in [-0.15, -0.1) is 0 Å². The van der Waals surface area contributed by atoms with E-state index in [9.17, 15) is 9.59 Å². The molecule has 0 bridgehead atoms. The van der Waals surface area contributed by atoms with Gasteiger partial charge >= 0.3 is 5.97 Å². The molecule has 104 valence electrons. The monoisotopic (exact) mass is 329 g/mol. The minimum absolute atomic E-state index is 0.130. The number of carboxylic acid groups (broad SMARTS) is 1. The molecule has 1 aromatic carbocycles. The number of rotatable bonds is 7. The van der Waals surface area contributed by atoms with Crippen LogP contribution in [-0.4, -0.2) is 36.2 Å². The molecule has 1 amide bonds. The molecule has 0 spiro atoms. The van der Waals surface area contributed by atoms with Crippen LogP contribution in [0.2, 0.25) is 0 Å². The van der Waals surface area contributed by atoms with Crippen LogP contribution in [0.25, 0.3) is 0 Å². The van der Waals surface area contributed by atoms with Crippen LogP contribution in [-0.2, 0) is 9.53 Å². The molecule has 0 heterocycles. The number of halogens is 1. The van der Waals surface area contributed by atoms with E-state index in [0.29, 0.717) is 12.2 Å². The highest BCUT2D eigenvalue weighted by molar-refractivity contribution is 9.10. The van der Waals surface area contributed by atoms with Gasteiger partial charge in [0, 0.05) is 23.2 Å². The smallest absolute Gasteiger partial charge is 0.306 e. The zero-order valence-electron chi connectivity index (χ0n) is 10.6. The molecule has 5 nitrogen and oxygen atoms in total. The molecule has 1 atom stereocenters. The molecular weight excluding hydrogens is 314 g/mol. The van der Waals surface area contributed by atoms with Crippen molar-refractivity contribution in [2.45, 2.75) is 19.4 Å². The largest absolute Gasteiger partial charge is 0.481 e. The average molecular weight is 330 g/mol. The second-order valence-electron chi connectivity index (χ2n) is 3.89. The third-order valence-electron chi connectivity index (χ3n) is 2.40. The maximum absolute atomic E-state index is 11.8. The van der Waals surface area contributed by atoms with Crippen molar-refractivity contribution in [2.75, 3.05) is 13.2 Å². The van der Waals surface area contributed by atoms with E-state index in [0.717, 1.165) is 4.47 Å². The predicted molar refractivity (Wildman–Crippen MR) is 74.1 cm³/mol. The van der Waals surface area contributed by atoms with Crippen LogP contribution >= 0.6 is 15.9 Å². The summed E-state index contributed by atoms with van der Waals surface area (Å²) < 4.78 is 6.15. The zero-order valence-corrected chi connectivity index (χ0v) is 12.1. The van der Waals surface area contributed by atoms with Crippen molar-refractivity contribution in [3.63, 3.8) is 0 Å². The number of benzene rings is 1. The van der Waals surface area contributed by atoms with Crippen molar-refractivity contribution in [2.24, 2.45) is 0 Å². The number of ether oxygens (including phenoxy) is 1. The summed E-state index contributed by atoms with van der Waals surface area (Å²) >= 11 is 3.29. The summed E-state index contributed by atoms with van der Waals surface area (Å²) in [4.78, 5) is 22.5. The second kappa shape index (κ2) is 7.91. The Kier molecular flexibility index (Phi) is 6.52. The Morgan fingerprint density at radius 2 is 2.00 bits per heavy atom. The lowest BCUT2D eigenvalue weighted by Gasteiger charge is -2.15. The van der Waals surface area contributed by atoms with Gasteiger partial charge in [-0.25, -0.2) is 0 Å². The predicted octanol–water partition coefficient (Wildman–Crippen LogP) is 2.06. The fourth-order valence-electron chi connectivity index (χ4n) is 1.53. The van der Waals surface area contributed by atoms with Gasteiger partial charge in [0.25, 0.3) is 5.91 Å². The van der Waals surface area contributed by atoms with Crippen LogP contribution in [0.3, 0.4) is 0 Å². The minimum Gasteiger partial charge on any atom is -0.481 e. The molecule has 1 unspecified atom stereocenters. The Morgan fingerprint density at radius 1 is 1.37 bits per heavy atom. The first-order valence-electron chi connectivity index (χ1n) is 5.90. The number of carbonyl (C=O) groups is 2. The Labute approximate surface area is 120 Å². The summed E-state index contributed by atoms with van der Waals surface area (Å²) in [6.07, 6.45) is -0.643. The van der Waals surface area contributed by atoms with Crippen LogP contribution < -0.4 is 5.32 Å². The third-order valence-corrected chi connectivity index (χ3v) is 2.93. The molecule has 19 heavy (non-hydrogen) atoms. The van der Waals surface area contributed by atoms with Crippen molar-refractivity contribution in [1.29, 1.82) is 0 Å². The van der Waals surface area contributed by atoms with E-state index in [4.69, 9.17) is 9.84 Å². The van der Waals surface area contributed by atoms with Gasteiger partial charge in [0.1, 0.15) is 0 Å². The maximum Gasteiger partial charge on any atom is 0.306 e. The number of hydrogen-bond donors (Lipinski definition) is 2. The van der Waals surface area contributed by atoms with Gasteiger partial charge in [-0.2, -0.15) is 0 Å². The lowest BCUT2D eigenvalue weighted by molar-refractivity contribution is -0.140. The first kappa shape index (κ1) is 15.7. The first-order valence-corrected chi connectivity index (χ1v) is 6.69. The first-order chi connectivity index (χ1) is 9.02. The van der Waals surface area contributed by atoms with Crippen LogP contribution in [0.5, 0.6) is 0 Å². The van der Waals surface area contributed by atoms with Crippen molar-refractivity contribution >= 4 is 27.8 Å². The van der Waals surface area contributed by atoms with Crippen molar-refractivity contribution in [1.82, 2.24) is 5.32 Å². The highest BCUT2D eigenvalue weighted by Gasteiger charge is 2.15. The van der Waals surface area contributed by atoms with Crippen molar-refractivity contribution < 1.29 is 19.4 Å². The van der Waals surface area contributed by atoms with E-state index in [-0.39, 0.29) is 18.9 Å². The molecule has 1 rings (SSSR count). The highest BCUT2D eigenvalue weighted by Crippen LogP contribution is 2.10. The van der Waals surface area contributed by atoms with E-state index < -0.39 is 12.1 Å². The van der Waals surface area contributed by atoms with Gasteiger partial charge < -0.3 is 15.2 Å². The molecule has 0 saturated carbocycles. The fraction of sp³-hybridized carbons (Fsp3) is 0.385. The third kappa shape index (κ3) is 5.85. The molecule has 0 fully saturated rings. The zero-order chi connectivity index (χ0) is 14.3. The highest BCUT2D eigenvalue weighted by atomic mass is 79.9. The molecule has 0 aromatic heterocycles. The Morgan fingerprint density at radius 3 is 2.53 bits per heavy atom. The van der Waals surface area contributed by atoms with Crippen LogP contribution in [0.1, 0.15) is 23.7 Å². The Balaban J connectivity index is 2.51. The molecule has 2 N–H and O–H groups in total. The fourth-order valence-corrected chi connectivity index (χ4v) is 1.79. The Hall–Kier alpha value is -1.40. The summed E-state index contributed by atoms with van der Waals surface area (Å²) in [5.74, 6) is -1.20. The standard InChI is InChI=1S/C13H16BrNO4/c1-2-19-11(7-12(16)17)8-15-13(18)9-3-5-10(14)6-4-9/h3-6,11H,2,7-8H2,1H3,(H,15,18)(H,16,17). The Bertz CT molecular complexity index is 433. The summed E-state index contributed by atoms with van der Waals surface area (Å²) in [6.45, 7) is 2.37. The molecular formula is C13H16BrNO4. The summed E-state index contributed by atoms with van der Waals surface area (Å²) in [5.41, 5.74) is 0.522. The molecule has 0 aliphatic carbocycles. The number of hydrogen-bond acceptors (Lipinski definition) is 3. The molecule has 0 radical (unpaired) electrons. The quantitative estimate of drug-likeness (QED) is 0.802. The van der Waals surface area contributed by atoms with Gasteiger partial charge in [0.15, 0.2) is 0 Å².